The zero-order valence-electron chi connectivity index (χ0n) is 18.4. The van der Waals surface area contributed by atoms with Crippen molar-refractivity contribution in [3.63, 3.8) is 0 Å². The Morgan fingerprint density at radius 1 is 1.22 bits per heavy atom. The normalized spacial score (nSPS) is 18.1. The third kappa shape index (κ3) is 5.14. The van der Waals surface area contributed by atoms with Crippen molar-refractivity contribution in [2.75, 3.05) is 19.8 Å². The average Bonchev–Trinajstić information content (AvgIpc) is 3.25. The number of aromatic nitrogens is 2. The number of hydrogen-bond donors (Lipinski definition) is 1. The molecule has 2 atom stereocenters. The lowest BCUT2D eigenvalue weighted by Gasteiger charge is -2.33. The van der Waals surface area contributed by atoms with Crippen LogP contribution in [0.3, 0.4) is 0 Å². The van der Waals surface area contributed by atoms with Gasteiger partial charge in [0.2, 0.25) is 0 Å². The summed E-state index contributed by atoms with van der Waals surface area (Å²) in [5.41, 5.74) is 2.46. The smallest absolute Gasteiger partial charge is 0.259 e. The predicted molar refractivity (Wildman–Crippen MR) is 122 cm³/mol. The molecule has 0 saturated heterocycles. The maximum Gasteiger partial charge on any atom is 0.259 e. The second kappa shape index (κ2) is 9.75. The number of fused-ring (bicyclic) bond motifs is 1. The number of ether oxygens (including phenoxy) is 2. The number of rotatable bonds is 9. The van der Waals surface area contributed by atoms with Gasteiger partial charge in [0.25, 0.3) is 10.0 Å². The molecule has 0 amide bonds. The summed E-state index contributed by atoms with van der Waals surface area (Å²) in [4.78, 5) is 3.89. The molecule has 0 spiro atoms. The molecular weight excluding hydrogens is 426 g/mol. The van der Waals surface area contributed by atoms with Gasteiger partial charge in [0.1, 0.15) is 18.1 Å². The Hall–Kier alpha value is -2.84. The Balaban J connectivity index is 1.42. The van der Waals surface area contributed by atoms with E-state index in [9.17, 15) is 8.42 Å². The van der Waals surface area contributed by atoms with Crippen molar-refractivity contribution in [3.05, 3.63) is 72.2 Å². The zero-order valence-corrected chi connectivity index (χ0v) is 19.2. The van der Waals surface area contributed by atoms with E-state index in [1.54, 1.807) is 11.6 Å². The van der Waals surface area contributed by atoms with E-state index in [-0.39, 0.29) is 18.2 Å². The van der Waals surface area contributed by atoms with Crippen LogP contribution < -0.4 is 14.2 Å². The predicted octanol–water partition coefficient (Wildman–Crippen LogP) is 3.52. The van der Waals surface area contributed by atoms with Crippen molar-refractivity contribution in [2.45, 2.75) is 30.7 Å². The first-order valence-electron chi connectivity index (χ1n) is 10.9. The summed E-state index contributed by atoms with van der Waals surface area (Å²) in [7, 11) is -1.92. The molecule has 4 rings (SSSR count). The van der Waals surface area contributed by atoms with E-state index in [0.29, 0.717) is 17.6 Å². The maximum absolute atomic E-state index is 12.3. The summed E-state index contributed by atoms with van der Waals surface area (Å²) < 4.78 is 40.6. The molecule has 0 fully saturated rings. The average molecular weight is 456 g/mol. The number of hydrogen-bond acceptors (Lipinski definition) is 5. The molecule has 1 aliphatic rings. The topological polar surface area (TPSA) is 82.5 Å². The van der Waals surface area contributed by atoms with Gasteiger partial charge in [-0.05, 0) is 42.5 Å². The van der Waals surface area contributed by atoms with Crippen LogP contribution in [-0.2, 0) is 23.5 Å². The van der Waals surface area contributed by atoms with E-state index < -0.39 is 10.0 Å². The van der Waals surface area contributed by atoms with Crippen LogP contribution >= 0.6 is 0 Å². The lowest BCUT2D eigenvalue weighted by molar-refractivity contribution is 0.187. The van der Waals surface area contributed by atoms with Gasteiger partial charge in [-0.2, -0.15) is 0 Å². The number of aryl methyl sites for hydroxylation is 1. The van der Waals surface area contributed by atoms with Crippen molar-refractivity contribution < 1.29 is 17.9 Å². The fraction of sp³-hybridized carbons (Fsp3) is 0.375. The Morgan fingerprint density at radius 2 is 2.03 bits per heavy atom. The van der Waals surface area contributed by atoms with Crippen molar-refractivity contribution in [1.29, 1.82) is 0 Å². The molecule has 3 aromatic rings. The molecule has 2 aromatic carbocycles. The molecule has 7 nitrogen and oxygen atoms in total. The first-order chi connectivity index (χ1) is 15.5. The van der Waals surface area contributed by atoms with Crippen LogP contribution in [0, 0.1) is 5.92 Å². The molecular formula is C24H29N3O4S. The first kappa shape index (κ1) is 22.4. The van der Waals surface area contributed by atoms with Gasteiger partial charge in [-0.15, -0.1) is 0 Å². The van der Waals surface area contributed by atoms with Crippen LogP contribution in [0.2, 0.25) is 0 Å². The minimum Gasteiger partial charge on any atom is -0.493 e. The Labute approximate surface area is 189 Å². The summed E-state index contributed by atoms with van der Waals surface area (Å²) in [6.07, 6.45) is 4.90. The first-order valence-corrected chi connectivity index (χ1v) is 12.4. The fourth-order valence-corrected chi connectivity index (χ4v) is 5.09. The van der Waals surface area contributed by atoms with Crippen LogP contribution in [0.15, 0.2) is 66.1 Å². The number of benzene rings is 2. The number of nitrogens with one attached hydrogen (secondary N) is 1. The molecule has 2 heterocycles. The minimum absolute atomic E-state index is 0.000269. The summed E-state index contributed by atoms with van der Waals surface area (Å²) in [6, 6.07) is 16.4. The summed E-state index contributed by atoms with van der Waals surface area (Å²) in [5.74, 6) is 2.39. The molecule has 8 heteroatoms. The number of sulfonamides is 1. The minimum atomic E-state index is -3.64. The van der Waals surface area contributed by atoms with Crippen molar-refractivity contribution in [1.82, 2.24) is 14.3 Å². The van der Waals surface area contributed by atoms with Gasteiger partial charge in [0.05, 0.1) is 12.9 Å². The van der Waals surface area contributed by atoms with Gasteiger partial charge in [-0.25, -0.2) is 18.1 Å². The summed E-state index contributed by atoms with van der Waals surface area (Å²) in [6.45, 7) is 3.28. The standard InChI is InChI=1S/C24H29N3O4S/c1-3-19-16-31-23-10-9-20(14-22(23)21(19)13-18-7-5-4-6-8-18)30-12-11-26-32(28,29)24-15-27(2)17-25-24/h4-10,14-15,17,19,21,26H,3,11-13,16H2,1-2H3. The highest BCUT2D eigenvalue weighted by Crippen LogP contribution is 2.42. The van der Waals surface area contributed by atoms with Crippen LogP contribution in [0.25, 0.3) is 0 Å². The molecule has 1 N–H and O–H groups in total. The highest BCUT2D eigenvalue weighted by Gasteiger charge is 2.30. The summed E-state index contributed by atoms with van der Waals surface area (Å²) >= 11 is 0. The van der Waals surface area contributed by atoms with E-state index in [1.807, 2.05) is 24.3 Å². The molecule has 170 valence electrons. The zero-order chi connectivity index (χ0) is 22.6. The molecule has 1 aliphatic heterocycles. The molecule has 0 bridgehead atoms. The highest BCUT2D eigenvalue weighted by molar-refractivity contribution is 7.89. The maximum atomic E-state index is 12.3. The molecule has 32 heavy (non-hydrogen) atoms. The lowest BCUT2D eigenvalue weighted by atomic mass is 9.78. The highest BCUT2D eigenvalue weighted by atomic mass is 32.2. The van der Waals surface area contributed by atoms with Gasteiger partial charge >= 0.3 is 0 Å². The van der Waals surface area contributed by atoms with E-state index in [0.717, 1.165) is 30.8 Å². The molecule has 2 unspecified atom stereocenters. The largest absolute Gasteiger partial charge is 0.493 e. The number of imidazole rings is 1. The van der Waals surface area contributed by atoms with Crippen molar-refractivity contribution >= 4 is 10.0 Å². The Morgan fingerprint density at radius 3 is 2.75 bits per heavy atom. The van der Waals surface area contributed by atoms with Crippen molar-refractivity contribution in [2.24, 2.45) is 13.0 Å². The second-order valence-electron chi connectivity index (χ2n) is 8.10. The molecule has 1 aromatic heterocycles. The summed E-state index contributed by atoms with van der Waals surface area (Å²) in [5, 5.41) is 0.000269. The SMILES string of the molecule is CCC1COc2ccc(OCCNS(=O)(=O)c3cn(C)cn3)cc2C1Cc1ccccc1. The molecule has 0 saturated carbocycles. The van der Waals surface area contributed by atoms with Crippen LogP contribution in [0.4, 0.5) is 0 Å². The van der Waals surface area contributed by atoms with Gasteiger partial charge in [0, 0.05) is 31.3 Å². The van der Waals surface area contributed by atoms with E-state index >= 15 is 0 Å². The van der Waals surface area contributed by atoms with Crippen molar-refractivity contribution in [3.8, 4) is 11.5 Å². The van der Waals surface area contributed by atoms with E-state index in [2.05, 4.69) is 40.9 Å². The Kier molecular flexibility index (Phi) is 6.81. The van der Waals surface area contributed by atoms with Gasteiger partial charge in [-0.3, -0.25) is 0 Å². The molecule has 0 aliphatic carbocycles. The molecule has 0 radical (unpaired) electrons. The van der Waals surface area contributed by atoms with E-state index in [1.165, 1.54) is 18.1 Å². The second-order valence-corrected chi connectivity index (χ2v) is 9.81. The third-order valence-electron chi connectivity index (χ3n) is 5.84. The van der Waals surface area contributed by atoms with Gasteiger partial charge in [0.15, 0.2) is 5.03 Å². The van der Waals surface area contributed by atoms with Crippen LogP contribution in [0.1, 0.15) is 30.4 Å². The monoisotopic (exact) mass is 455 g/mol. The van der Waals surface area contributed by atoms with E-state index in [4.69, 9.17) is 9.47 Å². The van der Waals surface area contributed by atoms with Crippen LogP contribution in [0.5, 0.6) is 11.5 Å². The Bertz CT molecular complexity index is 1150. The van der Waals surface area contributed by atoms with Gasteiger partial charge in [-0.1, -0.05) is 37.3 Å². The third-order valence-corrected chi connectivity index (χ3v) is 7.19. The number of nitrogens with zero attached hydrogens (tertiary/aromatic N) is 2. The quantitative estimate of drug-likeness (QED) is 0.499. The van der Waals surface area contributed by atoms with Gasteiger partial charge < -0.3 is 14.0 Å². The van der Waals surface area contributed by atoms with Crippen LogP contribution in [-0.4, -0.2) is 37.7 Å². The fourth-order valence-electron chi connectivity index (χ4n) is 4.10. The lowest BCUT2D eigenvalue weighted by Crippen LogP contribution is -2.29.